The van der Waals surface area contributed by atoms with E-state index in [1.54, 1.807) is 12.1 Å². The maximum absolute atomic E-state index is 13.3. The predicted molar refractivity (Wildman–Crippen MR) is 110 cm³/mol. The number of nitrogens with zero attached hydrogens (tertiary/aromatic N) is 2. The maximum Gasteiger partial charge on any atom is 0.123 e. The number of hydrogen-bond acceptors (Lipinski definition) is 2. The third-order valence-corrected chi connectivity index (χ3v) is 6.80. The van der Waals surface area contributed by atoms with Crippen molar-refractivity contribution in [3.05, 3.63) is 70.7 Å². The molecule has 0 bridgehead atoms. The fourth-order valence-electron chi connectivity index (χ4n) is 5.46. The minimum absolute atomic E-state index is 0.274. The molecule has 146 valence electrons. The molecular weight excluding hydrogens is 351 g/mol. The van der Waals surface area contributed by atoms with Crippen molar-refractivity contribution < 1.29 is 9.50 Å². The molecule has 3 nitrogen and oxygen atoms in total. The van der Waals surface area contributed by atoms with E-state index >= 15 is 0 Å². The Morgan fingerprint density at radius 1 is 1.14 bits per heavy atom. The average molecular weight is 378 g/mol. The standard InChI is InChI=1S/C24H27FN2O/c1-15-6-11-21-19(12-15)24-18-4-3-5-20(18)26(2)13-22(24)27(21)14-23(28)16-7-9-17(25)10-8-16/h6-12,18,20,23,28H,3-5,13-14H2,1-2H3. The number of likely N-dealkylation sites (N-methyl/N-ethyl adjacent to an activating group) is 1. The third-order valence-electron chi connectivity index (χ3n) is 6.80. The zero-order valence-electron chi connectivity index (χ0n) is 16.5. The Balaban J connectivity index is 1.63. The molecule has 1 aromatic heterocycles. The molecule has 28 heavy (non-hydrogen) atoms. The smallest absolute Gasteiger partial charge is 0.123 e. The number of halogens is 1. The van der Waals surface area contributed by atoms with E-state index in [0.29, 0.717) is 18.5 Å². The average Bonchev–Trinajstić information content (AvgIpc) is 3.26. The summed E-state index contributed by atoms with van der Waals surface area (Å²) in [6.45, 7) is 3.56. The van der Waals surface area contributed by atoms with E-state index in [4.69, 9.17) is 0 Å². The van der Waals surface area contributed by atoms with Crippen molar-refractivity contribution in [2.45, 2.75) is 57.3 Å². The minimum atomic E-state index is -0.659. The Morgan fingerprint density at radius 2 is 1.93 bits per heavy atom. The Labute approximate surface area is 165 Å². The molecule has 3 aromatic rings. The number of aryl methyl sites for hydroxylation is 1. The lowest BCUT2D eigenvalue weighted by Crippen LogP contribution is -2.38. The first kappa shape index (κ1) is 17.9. The highest BCUT2D eigenvalue weighted by Crippen LogP contribution is 2.47. The van der Waals surface area contributed by atoms with Gasteiger partial charge >= 0.3 is 0 Å². The second-order valence-corrected chi connectivity index (χ2v) is 8.58. The molecule has 2 aliphatic rings. The number of benzene rings is 2. The Morgan fingerprint density at radius 3 is 2.71 bits per heavy atom. The summed E-state index contributed by atoms with van der Waals surface area (Å²) in [6.07, 6.45) is 3.15. The molecule has 0 radical (unpaired) electrons. The maximum atomic E-state index is 13.3. The van der Waals surface area contributed by atoms with Gasteiger partial charge in [-0.3, -0.25) is 4.90 Å². The first-order valence-corrected chi connectivity index (χ1v) is 10.3. The first-order valence-electron chi connectivity index (χ1n) is 10.3. The van der Waals surface area contributed by atoms with Crippen LogP contribution in [0.1, 0.15) is 53.7 Å². The summed E-state index contributed by atoms with van der Waals surface area (Å²) in [4.78, 5) is 2.49. The normalized spacial score (nSPS) is 23.0. The molecule has 5 rings (SSSR count). The lowest BCUT2D eigenvalue weighted by molar-refractivity contribution is 0.150. The second-order valence-electron chi connectivity index (χ2n) is 8.58. The zero-order chi connectivity index (χ0) is 19.4. The van der Waals surface area contributed by atoms with Gasteiger partial charge in [-0.15, -0.1) is 0 Å². The van der Waals surface area contributed by atoms with Crippen LogP contribution in [0.25, 0.3) is 10.9 Å². The van der Waals surface area contributed by atoms with Crippen LogP contribution >= 0.6 is 0 Å². The van der Waals surface area contributed by atoms with Gasteiger partial charge in [-0.05, 0) is 62.2 Å². The van der Waals surface area contributed by atoms with Crippen LogP contribution in [-0.4, -0.2) is 27.7 Å². The molecule has 1 aliphatic heterocycles. The quantitative estimate of drug-likeness (QED) is 0.702. The highest BCUT2D eigenvalue weighted by molar-refractivity contribution is 5.87. The van der Waals surface area contributed by atoms with E-state index in [1.807, 2.05) is 0 Å². The zero-order valence-corrected chi connectivity index (χ0v) is 16.5. The predicted octanol–water partition coefficient (Wildman–Crippen LogP) is 4.90. The van der Waals surface area contributed by atoms with Crippen LogP contribution in [0.4, 0.5) is 4.39 Å². The van der Waals surface area contributed by atoms with Gasteiger partial charge in [0.15, 0.2) is 0 Å². The van der Waals surface area contributed by atoms with Gasteiger partial charge in [0.1, 0.15) is 5.82 Å². The summed E-state index contributed by atoms with van der Waals surface area (Å²) >= 11 is 0. The van der Waals surface area contributed by atoms with Crippen molar-refractivity contribution in [1.29, 1.82) is 0 Å². The van der Waals surface area contributed by atoms with Gasteiger partial charge in [-0.25, -0.2) is 4.39 Å². The minimum Gasteiger partial charge on any atom is -0.387 e. The Kier molecular flexibility index (Phi) is 4.29. The van der Waals surface area contributed by atoms with Gasteiger partial charge in [0, 0.05) is 35.1 Å². The van der Waals surface area contributed by atoms with Gasteiger partial charge in [0.25, 0.3) is 0 Å². The SMILES string of the molecule is Cc1ccc2c(c1)c1c(n2CC(O)c2ccc(F)cc2)CN(C)C2CCCC12. The number of rotatable bonds is 3. The highest BCUT2D eigenvalue weighted by atomic mass is 19.1. The number of fused-ring (bicyclic) bond motifs is 5. The summed E-state index contributed by atoms with van der Waals surface area (Å²) in [5.41, 5.74) is 6.09. The molecule has 2 aromatic carbocycles. The van der Waals surface area contributed by atoms with Crippen LogP contribution in [-0.2, 0) is 13.1 Å². The fraction of sp³-hybridized carbons (Fsp3) is 0.417. The molecule has 3 atom stereocenters. The molecule has 0 saturated heterocycles. The number of aliphatic hydroxyl groups excluding tert-OH is 1. The second kappa shape index (κ2) is 6.71. The molecule has 3 unspecified atom stereocenters. The van der Waals surface area contributed by atoms with Crippen LogP contribution in [0.15, 0.2) is 42.5 Å². The molecule has 0 amide bonds. The van der Waals surface area contributed by atoms with Gasteiger partial charge in [-0.2, -0.15) is 0 Å². The van der Waals surface area contributed by atoms with Crippen LogP contribution in [0.3, 0.4) is 0 Å². The van der Waals surface area contributed by atoms with E-state index in [-0.39, 0.29) is 5.82 Å². The van der Waals surface area contributed by atoms with E-state index in [0.717, 1.165) is 12.1 Å². The largest absolute Gasteiger partial charge is 0.387 e. The van der Waals surface area contributed by atoms with E-state index in [1.165, 1.54) is 59.1 Å². The van der Waals surface area contributed by atoms with Gasteiger partial charge in [-0.1, -0.05) is 30.2 Å². The van der Waals surface area contributed by atoms with Crippen molar-refractivity contribution in [1.82, 2.24) is 9.47 Å². The van der Waals surface area contributed by atoms with Gasteiger partial charge in [0.2, 0.25) is 0 Å². The number of aliphatic hydroxyl groups is 1. The molecule has 1 N–H and O–H groups in total. The van der Waals surface area contributed by atoms with Crippen molar-refractivity contribution in [3.8, 4) is 0 Å². The summed E-state index contributed by atoms with van der Waals surface area (Å²) in [5, 5.41) is 12.2. The first-order chi connectivity index (χ1) is 13.5. The molecule has 1 fully saturated rings. The summed E-state index contributed by atoms with van der Waals surface area (Å²) in [5.74, 6) is 0.311. The third kappa shape index (κ3) is 2.78. The van der Waals surface area contributed by atoms with Crippen molar-refractivity contribution in [2.24, 2.45) is 0 Å². The fourth-order valence-corrected chi connectivity index (χ4v) is 5.46. The van der Waals surface area contributed by atoms with Crippen molar-refractivity contribution in [2.75, 3.05) is 7.05 Å². The van der Waals surface area contributed by atoms with Crippen molar-refractivity contribution in [3.63, 3.8) is 0 Å². The lowest BCUT2D eigenvalue weighted by atomic mass is 9.87. The van der Waals surface area contributed by atoms with Gasteiger partial charge < -0.3 is 9.67 Å². The number of aromatic nitrogens is 1. The molecule has 2 heterocycles. The van der Waals surface area contributed by atoms with Gasteiger partial charge in [0.05, 0.1) is 12.6 Å². The van der Waals surface area contributed by atoms with E-state index in [2.05, 4.69) is 41.6 Å². The summed E-state index contributed by atoms with van der Waals surface area (Å²) < 4.78 is 15.6. The molecule has 0 spiro atoms. The summed E-state index contributed by atoms with van der Waals surface area (Å²) in [7, 11) is 2.23. The lowest BCUT2D eigenvalue weighted by Gasteiger charge is -2.36. The van der Waals surface area contributed by atoms with Crippen LogP contribution < -0.4 is 0 Å². The molecular formula is C24H27FN2O. The molecule has 4 heteroatoms. The monoisotopic (exact) mass is 378 g/mol. The Hall–Kier alpha value is -2.17. The molecule has 1 saturated carbocycles. The van der Waals surface area contributed by atoms with Crippen LogP contribution in [0.2, 0.25) is 0 Å². The van der Waals surface area contributed by atoms with Crippen molar-refractivity contribution >= 4 is 10.9 Å². The Bertz CT molecular complexity index is 1020. The highest BCUT2D eigenvalue weighted by Gasteiger charge is 2.40. The molecule has 1 aliphatic carbocycles. The summed E-state index contributed by atoms with van der Waals surface area (Å²) in [6, 6.07) is 13.5. The number of hydrogen-bond donors (Lipinski definition) is 1. The van der Waals surface area contributed by atoms with E-state index in [9.17, 15) is 9.50 Å². The van der Waals surface area contributed by atoms with E-state index < -0.39 is 6.10 Å². The van der Waals surface area contributed by atoms with Crippen LogP contribution in [0.5, 0.6) is 0 Å². The topological polar surface area (TPSA) is 28.4 Å². The van der Waals surface area contributed by atoms with Crippen LogP contribution in [0, 0.1) is 12.7 Å².